The maximum atomic E-state index is 7.40. The first kappa shape index (κ1) is 7.10. The quantitative estimate of drug-likeness (QED) is 0.653. The van der Waals surface area contributed by atoms with E-state index in [0.717, 1.165) is 0 Å². The van der Waals surface area contributed by atoms with Crippen molar-refractivity contribution in [1.82, 2.24) is 10.2 Å². The number of rotatable bonds is 0. The molecule has 0 saturated carbocycles. The molecule has 0 aliphatic heterocycles. The maximum Gasteiger partial charge on any atom is 0.155 e. The molecular formula is C8H10Cl2N2. The molecule has 0 amide bonds. The SMILES string of the molecule is [2H]C([2H])C(C)(C)c1cc(Cl)nnc1Cl. The summed E-state index contributed by atoms with van der Waals surface area (Å²) in [6.07, 6.45) is 0. The van der Waals surface area contributed by atoms with Crippen LogP contribution in [0.3, 0.4) is 0 Å². The molecule has 4 heteroatoms. The molecule has 1 rings (SSSR count). The topological polar surface area (TPSA) is 25.8 Å². The third kappa shape index (κ3) is 2.08. The summed E-state index contributed by atoms with van der Waals surface area (Å²) in [5, 5.41) is 7.64. The van der Waals surface area contributed by atoms with Crippen molar-refractivity contribution >= 4 is 23.2 Å². The lowest BCUT2D eigenvalue weighted by atomic mass is 9.89. The summed E-state index contributed by atoms with van der Waals surface area (Å²) in [7, 11) is 0. The third-order valence-electron chi connectivity index (χ3n) is 1.41. The molecule has 0 unspecified atom stereocenters. The van der Waals surface area contributed by atoms with Crippen molar-refractivity contribution in [3.05, 3.63) is 21.9 Å². The summed E-state index contributed by atoms with van der Waals surface area (Å²) in [6, 6.07) is 1.55. The number of hydrogen-bond acceptors (Lipinski definition) is 2. The van der Waals surface area contributed by atoms with E-state index in [1.165, 1.54) is 0 Å². The fraction of sp³-hybridized carbons (Fsp3) is 0.500. The number of nitrogens with zero attached hydrogens (tertiary/aromatic N) is 2. The number of aromatic nitrogens is 2. The van der Waals surface area contributed by atoms with Gasteiger partial charge in [0.25, 0.3) is 0 Å². The fourth-order valence-corrected chi connectivity index (χ4v) is 1.29. The maximum absolute atomic E-state index is 7.40. The zero-order valence-corrected chi connectivity index (χ0v) is 8.32. The molecule has 0 spiro atoms. The van der Waals surface area contributed by atoms with Crippen LogP contribution in [0.15, 0.2) is 6.07 Å². The van der Waals surface area contributed by atoms with E-state index in [-0.39, 0.29) is 10.3 Å². The van der Waals surface area contributed by atoms with Crippen LogP contribution in [-0.4, -0.2) is 10.2 Å². The van der Waals surface area contributed by atoms with Gasteiger partial charge in [0, 0.05) is 2.74 Å². The van der Waals surface area contributed by atoms with Gasteiger partial charge in [0.05, 0.1) is 0 Å². The summed E-state index contributed by atoms with van der Waals surface area (Å²) in [5.74, 6) is 0. The zero-order valence-electron chi connectivity index (χ0n) is 8.81. The van der Waals surface area contributed by atoms with Crippen molar-refractivity contribution < 1.29 is 2.74 Å². The highest BCUT2D eigenvalue weighted by atomic mass is 35.5. The van der Waals surface area contributed by atoms with Crippen LogP contribution in [0, 0.1) is 0 Å². The first-order chi connectivity index (χ1) is 6.35. The van der Waals surface area contributed by atoms with Gasteiger partial charge in [0.1, 0.15) is 0 Å². The molecule has 0 aliphatic carbocycles. The molecule has 0 fully saturated rings. The predicted molar refractivity (Wildman–Crippen MR) is 50.8 cm³/mol. The van der Waals surface area contributed by atoms with E-state index in [0.29, 0.717) is 5.56 Å². The Hall–Kier alpha value is -0.340. The third-order valence-corrected chi connectivity index (χ3v) is 1.88. The first-order valence-corrected chi connectivity index (χ1v) is 4.15. The van der Waals surface area contributed by atoms with Gasteiger partial charge < -0.3 is 0 Å². The Kier molecular flexibility index (Phi) is 1.89. The molecule has 0 bridgehead atoms. The molecule has 1 heterocycles. The van der Waals surface area contributed by atoms with Gasteiger partial charge in [0.2, 0.25) is 0 Å². The van der Waals surface area contributed by atoms with Crippen molar-refractivity contribution in [3.63, 3.8) is 0 Å². The highest BCUT2D eigenvalue weighted by Gasteiger charge is 2.18. The Labute approximate surface area is 84.7 Å². The van der Waals surface area contributed by atoms with E-state index in [9.17, 15) is 0 Å². The van der Waals surface area contributed by atoms with Crippen molar-refractivity contribution in [2.75, 3.05) is 0 Å². The smallest absolute Gasteiger partial charge is 0.137 e. The summed E-state index contributed by atoms with van der Waals surface area (Å²) in [4.78, 5) is 0. The molecule has 0 saturated heterocycles. The van der Waals surface area contributed by atoms with E-state index in [1.54, 1.807) is 19.9 Å². The number of hydrogen-bond donors (Lipinski definition) is 0. The minimum atomic E-state index is -1.04. The second-order valence-corrected chi connectivity index (χ2v) is 3.84. The van der Waals surface area contributed by atoms with Crippen LogP contribution in [0.25, 0.3) is 0 Å². The lowest BCUT2D eigenvalue weighted by Crippen LogP contribution is -2.13. The van der Waals surface area contributed by atoms with Crippen molar-refractivity contribution in [1.29, 1.82) is 0 Å². The van der Waals surface area contributed by atoms with Gasteiger partial charge in [-0.3, -0.25) is 0 Å². The zero-order chi connectivity index (χ0) is 10.9. The van der Waals surface area contributed by atoms with Gasteiger partial charge in [-0.2, -0.15) is 0 Å². The van der Waals surface area contributed by atoms with Crippen LogP contribution in [0.5, 0.6) is 0 Å². The van der Waals surface area contributed by atoms with Gasteiger partial charge >= 0.3 is 0 Å². The molecule has 2 nitrogen and oxygen atoms in total. The van der Waals surface area contributed by atoms with Crippen LogP contribution in [0.1, 0.15) is 29.0 Å². The fourth-order valence-electron chi connectivity index (χ4n) is 0.805. The minimum Gasteiger partial charge on any atom is -0.137 e. The Morgan fingerprint density at radius 3 is 2.67 bits per heavy atom. The lowest BCUT2D eigenvalue weighted by Gasteiger charge is -2.19. The lowest BCUT2D eigenvalue weighted by molar-refractivity contribution is 0.585. The molecule has 0 aromatic carbocycles. The van der Waals surface area contributed by atoms with Gasteiger partial charge in [0.15, 0.2) is 10.3 Å². The molecule has 1 aromatic rings. The second-order valence-electron chi connectivity index (χ2n) is 3.09. The van der Waals surface area contributed by atoms with Gasteiger partial charge in [-0.15, -0.1) is 10.2 Å². The van der Waals surface area contributed by atoms with E-state index in [4.69, 9.17) is 25.9 Å². The number of halogens is 2. The average molecular weight is 207 g/mol. The van der Waals surface area contributed by atoms with Gasteiger partial charge in [-0.05, 0) is 17.0 Å². The Bertz CT molecular complexity index is 342. The van der Waals surface area contributed by atoms with E-state index in [2.05, 4.69) is 10.2 Å². The molecule has 12 heavy (non-hydrogen) atoms. The van der Waals surface area contributed by atoms with Crippen molar-refractivity contribution in [3.8, 4) is 0 Å². The predicted octanol–water partition coefficient (Wildman–Crippen LogP) is 3.08. The van der Waals surface area contributed by atoms with Crippen LogP contribution in [-0.2, 0) is 5.41 Å². The summed E-state index contributed by atoms with van der Waals surface area (Å²) < 4.78 is 14.8. The summed E-state index contributed by atoms with van der Waals surface area (Å²) in [5.41, 5.74) is -0.134. The molecule has 0 N–H and O–H groups in total. The molecule has 0 radical (unpaired) electrons. The molecule has 1 aromatic heterocycles. The Morgan fingerprint density at radius 2 is 2.08 bits per heavy atom. The second kappa shape index (κ2) is 3.19. The van der Waals surface area contributed by atoms with E-state index in [1.807, 2.05) is 0 Å². The minimum absolute atomic E-state index is 0.198. The molecule has 0 atom stereocenters. The highest BCUT2D eigenvalue weighted by molar-refractivity contribution is 6.31. The molecular weight excluding hydrogens is 195 g/mol. The van der Waals surface area contributed by atoms with E-state index < -0.39 is 12.3 Å². The van der Waals surface area contributed by atoms with Crippen molar-refractivity contribution in [2.24, 2.45) is 0 Å². The first-order valence-electron chi connectivity index (χ1n) is 4.55. The van der Waals surface area contributed by atoms with Gasteiger partial charge in [-0.25, -0.2) is 0 Å². The van der Waals surface area contributed by atoms with Crippen LogP contribution in [0.2, 0.25) is 10.3 Å². The largest absolute Gasteiger partial charge is 0.155 e. The summed E-state index contributed by atoms with van der Waals surface area (Å²) >= 11 is 11.5. The molecule has 66 valence electrons. The highest BCUT2D eigenvalue weighted by Crippen LogP contribution is 2.28. The van der Waals surface area contributed by atoms with Crippen LogP contribution in [0.4, 0.5) is 0 Å². The monoisotopic (exact) mass is 206 g/mol. The standard InChI is InChI=1S/C8H10Cl2N2/c1-8(2,3)5-4-6(9)11-12-7(5)10/h4H,1-3H3/i1D2. The van der Waals surface area contributed by atoms with E-state index >= 15 is 0 Å². The normalized spacial score (nSPS) is 14.4. The van der Waals surface area contributed by atoms with Crippen LogP contribution >= 0.6 is 23.2 Å². The Balaban J connectivity index is 3.24. The van der Waals surface area contributed by atoms with Gasteiger partial charge in [-0.1, -0.05) is 43.9 Å². The van der Waals surface area contributed by atoms with Crippen molar-refractivity contribution in [2.45, 2.75) is 26.1 Å². The Morgan fingerprint density at radius 1 is 1.42 bits per heavy atom. The average Bonchev–Trinajstić information content (AvgIpc) is 2.08. The molecule has 0 aliphatic rings. The van der Waals surface area contributed by atoms with Crippen LogP contribution < -0.4 is 0 Å². The summed E-state index contributed by atoms with van der Waals surface area (Å²) in [6.45, 7) is 2.45.